The van der Waals surface area contributed by atoms with Crippen LogP contribution in [0.2, 0.25) is 0 Å². The smallest absolute Gasteiger partial charge is 0.226 e. The van der Waals surface area contributed by atoms with Crippen molar-refractivity contribution in [1.82, 2.24) is 9.78 Å². The molecule has 0 aliphatic rings. The van der Waals surface area contributed by atoms with Gasteiger partial charge in [-0.25, -0.2) is 0 Å². The van der Waals surface area contributed by atoms with Crippen LogP contribution < -0.4 is 15.8 Å². The van der Waals surface area contributed by atoms with Gasteiger partial charge < -0.3 is 15.8 Å². The summed E-state index contributed by atoms with van der Waals surface area (Å²) in [6.45, 7) is 1.53. The number of nitrogens with two attached hydrogens (primary N) is 1. The third-order valence-electron chi connectivity index (χ3n) is 2.65. The van der Waals surface area contributed by atoms with Crippen LogP contribution in [0.5, 0.6) is 5.75 Å². The fourth-order valence-electron chi connectivity index (χ4n) is 1.68. The van der Waals surface area contributed by atoms with Crippen molar-refractivity contribution < 1.29 is 9.53 Å². The van der Waals surface area contributed by atoms with Crippen LogP contribution in [0, 0.1) is 0 Å². The molecular formula is C14H18N4O2. The maximum Gasteiger partial charge on any atom is 0.226 e. The van der Waals surface area contributed by atoms with Crippen molar-refractivity contribution in [1.29, 1.82) is 0 Å². The molecule has 2 rings (SSSR count). The largest absolute Gasteiger partial charge is 0.492 e. The Morgan fingerprint density at radius 1 is 1.35 bits per heavy atom. The first-order valence-electron chi connectivity index (χ1n) is 6.48. The van der Waals surface area contributed by atoms with Gasteiger partial charge in [-0.2, -0.15) is 5.10 Å². The van der Waals surface area contributed by atoms with Crippen LogP contribution in [0.25, 0.3) is 0 Å². The van der Waals surface area contributed by atoms with Crippen LogP contribution >= 0.6 is 0 Å². The Bertz CT molecular complexity index is 523. The van der Waals surface area contributed by atoms with Gasteiger partial charge in [0.15, 0.2) is 0 Å². The van der Waals surface area contributed by atoms with Crippen LogP contribution in [-0.4, -0.2) is 28.8 Å². The lowest BCUT2D eigenvalue weighted by atomic mass is 10.3. The van der Waals surface area contributed by atoms with Crippen LogP contribution in [-0.2, 0) is 11.3 Å². The Hall–Kier alpha value is -2.34. The minimum atomic E-state index is -0.0453. The van der Waals surface area contributed by atoms with E-state index in [0.717, 1.165) is 11.4 Å². The van der Waals surface area contributed by atoms with Crippen LogP contribution in [0.15, 0.2) is 42.7 Å². The predicted molar refractivity (Wildman–Crippen MR) is 76.5 cm³/mol. The molecule has 1 aromatic carbocycles. The van der Waals surface area contributed by atoms with Gasteiger partial charge in [0.25, 0.3) is 0 Å². The number of nitrogens with one attached hydrogen (secondary N) is 1. The number of aromatic nitrogens is 2. The maximum absolute atomic E-state index is 11.8. The van der Waals surface area contributed by atoms with Crippen molar-refractivity contribution in [2.75, 3.05) is 18.5 Å². The van der Waals surface area contributed by atoms with E-state index in [1.54, 1.807) is 35.1 Å². The molecule has 0 atom stereocenters. The minimum absolute atomic E-state index is 0.0453. The number of rotatable bonds is 7. The molecule has 106 valence electrons. The molecule has 0 radical (unpaired) electrons. The first-order chi connectivity index (χ1) is 9.78. The first-order valence-corrected chi connectivity index (χ1v) is 6.48. The molecule has 0 saturated heterocycles. The number of nitrogens with zero attached hydrogens (tertiary/aromatic N) is 2. The number of benzene rings is 1. The standard InChI is InChI=1S/C14H18N4O2/c15-7-11-20-13-4-2-12(3-5-13)17-14(19)6-10-18-9-1-8-16-18/h1-5,8-9H,6-7,10-11,15H2,(H,17,19). The Kier molecular flexibility index (Phi) is 5.14. The van der Waals surface area contributed by atoms with Gasteiger partial charge in [-0.1, -0.05) is 0 Å². The molecule has 0 bridgehead atoms. The fraction of sp³-hybridized carbons (Fsp3) is 0.286. The van der Waals surface area contributed by atoms with Crippen LogP contribution in [0.4, 0.5) is 5.69 Å². The Morgan fingerprint density at radius 2 is 2.15 bits per heavy atom. The Labute approximate surface area is 117 Å². The van der Waals surface area contributed by atoms with Crippen molar-refractivity contribution in [3.8, 4) is 5.75 Å². The molecular weight excluding hydrogens is 256 g/mol. The monoisotopic (exact) mass is 274 g/mol. The van der Waals surface area contributed by atoms with Gasteiger partial charge in [-0.15, -0.1) is 0 Å². The van der Waals surface area contributed by atoms with E-state index in [1.165, 1.54) is 0 Å². The number of hydrogen-bond acceptors (Lipinski definition) is 4. The van der Waals surface area contributed by atoms with Crippen molar-refractivity contribution in [2.45, 2.75) is 13.0 Å². The van der Waals surface area contributed by atoms with E-state index in [1.807, 2.05) is 12.3 Å². The van der Waals surface area contributed by atoms with Crippen molar-refractivity contribution in [3.63, 3.8) is 0 Å². The third kappa shape index (κ3) is 4.40. The van der Waals surface area contributed by atoms with Gasteiger partial charge in [-0.3, -0.25) is 9.48 Å². The van der Waals surface area contributed by atoms with Crippen molar-refractivity contribution in [3.05, 3.63) is 42.7 Å². The first kappa shape index (κ1) is 14.1. The normalized spacial score (nSPS) is 10.2. The molecule has 6 nitrogen and oxygen atoms in total. The molecule has 3 N–H and O–H groups in total. The Morgan fingerprint density at radius 3 is 2.80 bits per heavy atom. The number of carbonyl (C=O) groups excluding carboxylic acids is 1. The van der Waals surface area contributed by atoms with Crippen molar-refractivity contribution in [2.24, 2.45) is 5.73 Å². The predicted octanol–water partition coefficient (Wildman–Crippen LogP) is 1.25. The average molecular weight is 274 g/mol. The van der Waals surface area contributed by atoms with Gasteiger partial charge in [-0.05, 0) is 30.3 Å². The summed E-state index contributed by atoms with van der Waals surface area (Å²) in [4.78, 5) is 11.8. The number of carbonyl (C=O) groups is 1. The Balaban J connectivity index is 1.78. The molecule has 0 unspecified atom stereocenters. The van der Waals surface area contributed by atoms with E-state index < -0.39 is 0 Å². The van der Waals surface area contributed by atoms with Gasteiger partial charge in [0, 0.05) is 37.6 Å². The minimum Gasteiger partial charge on any atom is -0.492 e. The summed E-state index contributed by atoms with van der Waals surface area (Å²) < 4.78 is 7.09. The SMILES string of the molecule is NCCOc1ccc(NC(=O)CCn2cccn2)cc1. The van der Waals surface area contributed by atoms with E-state index in [0.29, 0.717) is 26.1 Å². The molecule has 0 aliphatic carbocycles. The molecule has 0 saturated carbocycles. The summed E-state index contributed by atoms with van der Waals surface area (Å²) in [6, 6.07) is 9.05. The zero-order valence-corrected chi connectivity index (χ0v) is 11.2. The van der Waals surface area contributed by atoms with Crippen LogP contribution in [0.1, 0.15) is 6.42 Å². The summed E-state index contributed by atoms with van der Waals surface area (Å²) in [5.41, 5.74) is 6.10. The number of amides is 1. The van der Waals surface area contributed by atoms with E-state index in [2.05, 4.69) is 10.4 Å². The lowest BCUT2D eigenvalue weighted by Crippen LogP contribution is -2.14. The maximum atomic E-state index is 11.8. The highest BCUT2D eigenvalue weighted by molar-refractivity contribution is 5.90. The van der Waals surface area contributed by atoms with Crippen molar-refractivity contribution >= 4 is 11.6 Å². The van der Waals surface area contributed by atoms with Gasteiger partial charge in [0.05, 0.1) is 0 Å². The molecule has 1 amide bonds. The second-order valence-corrected chi connectivity index (χ2v) is 4.23. The molecule has 0 fully saturated rings. The van der Waals surface area contributed by atoms with E-state index in [9.17, 15) is 4.79 Å². The molecule has 2 aromatic rings. The second kappa shape index (κ2) is 7.30. The number of anilines is 1. The third-order valence-corrected chi connectivity index (χ3v) is 2.65. The number of ether oxygens (including phenoxy) is 1. The van der Waals surface area contributed by atoms with E-state index in [-0.39, 0.29) is 5.91 Å². The highest BCUT2D eigenvalue weighted by atomic mass is 16.5. The molecule has 20 heavy (non-hydrogen) atoms. The lowest BCUT2D eigenvalue weighted by molar-refractivity contribution is -0.116. The zero-order chi connectivity index (χ0) is 14.2. The fourth-order valence-corrected chi connectivity index (χ4v) is 1.68. The van der Waals surface area contributed by atoms with Gasteiger partial charge in [0.2, 0.25) is 5.91 Å². The summed E-state index contributed by atoms with van der Waals surface area (Å²) in [6.07, 6.45) is 3.90. The summed E-state index contributed by atoms with van der Waals surface area (Å²) in [7, 11) is 0. The molecule has 0 aliphatic heterocycles. The van der Waals surface area contributed by atoms with Gasteiger partial charge in [0.1, 0.15) is 12.4 Å². The zero-order valence-electron chi connectivity index (χ0n) is 11.2. The van der Waals surface area contributed by atoms with Gasteiger partial charge >= 0.3 is 0 Å². The quantitative estimate of drug-likeness (QED) is 0.796. The molecule has 6 heteroatoms. The summed E-state index contributed by atoms with van der Waals surface area (Å²) in [5.74, 6) is 0.695. The number of hydrogen-bond donors (Lipinski definition) is 2. The molecule has 0 spiro atoms. The topological polar surface area (TPSA) is 82.2 Å². The summed E-state index contributed by atoms with van der Waals surface area (Å²) >= 11 is 0. The number of aryl methyl sites for hydroxylation is 1. The average Bonchev–Trinajstić information content (AvgIpc) is 2.98. The second-order valence-electron chi connectivity index (χ2n) is 4.23. The molecule has 1 heterocycles. The lowest BCUT2D eigenvalue weighted by Gasteiger charge is -2.07. The molecule has 1 aromatic heterocycles. The van der Waals surface area contributed by atoms with Crippen LogP contribution in [0.3, 0.4) is 0 Å². The van der Waals surface area contributed by atoms with E-state index >= 15 is 0 Å². The highest BCUT2D eigenvalue weighted by Gasteiger charge is 2.03. The summed E-state index contributed by atoms with van der Waals surface area (Å²) in [5, 5.41) is 6.87. The van der Waals surface area contributed by atoms with E-state index in [4.69, 9.17) is 10.5 Å². The highest BCUT2D eigenvalue weighted by Crippen LogP contribution is 2.15.